The fraction of sp³-hybridized carbons (Fsp3) is 0.354. The van der Waals surface area contributed by atoms with Crippen LogP contribution in [0.15, 0.2) is 84.9 Å². The van der Waals surface area contributed by atoms with E-state index in [4.69, 9.17) is 23.1 Å². The van der Waals surface area contributed by atoms with Crippen LogP contribution in [0.25, 0.3) is 22.3 Å². The number of benzene rings is 4. The Hall–Kier alpha value is -7.02. The number of primary amides is 1. The fourth-order valence-corrected chi connectivity index (χ4v) is 8.41. The smallest absolute Gasteiger partial charge is 0.251 e. The quantitative estimate of drug-likeness (QED) is 0.0875. The molecule has 4 aromatic carbocycles. The number of aliphatic hydroxyl groups is 1. The maximum absolute atomic E-state index is 14.6. The molecule has 0 saturated carbocycles. The molecule has 1 saturated heterocycles. The highest BCUT2D eigenvalue weighted by Crippen LogP contribution is 2.39. The van der Waals surface area contributed by atoms with E-state index >= 15 is 0 Å². The van der Waals surface area contributed by atoms with Gasteiger partial charge in [0.1, 0.15) is 47.8 Å². The van der Waals surface area contributed by atoms with Gasteiger partial charge in [-0.1, -0.05) is 48.0 Å². The molecule has 354 valence electrons. The number of likely N-dealkylation sites (tertiary alicyclic amines) is 1. The summed E-state index contributed by atoms with van der Waals surface area (Å²) in [5, 5.41) is 43.7. The van der Waals surface area contributed by atoms with Crippen molar-refractivity contribution in [2.75, 3.05) is 20.1 Å². The van der Waals surface area contributed by atoms with Gasteiger partial charge in [-0.25, -0.2) is 0 Å². The first-order valence-electron chi connectivity index (χ1n) is 21.8. The number of phenols is 2. The predicted molar refractivity (Wildman–Crippen MR) is 248 cm³/mol. The molecule has 4 aromatic rings. The average Bonchev–Trinajstić information content (AvgIpc) is 3.70. The van der Waals surface area contributed by atoms with Crippen LogP contribution >= 0.6 is 11.6 Å². The first kappa shape index (κ1) is 49.4. The number of nitrogens with zero attached hydrogens (tertiary/aromatic N) is 2. The van der Waals surface area contributed by atoms with Gasteiger partial charge < -0.3 is 57.9 Å². The van der Waals surface area contributed by atoms with Crippen LogP contribution in [0.4, 0.5) is 0 Å². The Bertz CT molecular complexity index is 2520. The summed E-state index contributed by atoms with van der Waals surface area (Å²) in [6.07, 6.45) is -0.121. The zero-order chi connectivity index (χ0) is 48.7. The van der Waals surface area contributed by atoms with E-state index in [9.17, 15) is 48.9 Å². The number of carbonyl (C=O) groups is 7. The Morgan fingerprint density at radius 1 is 0.866 bits per heavy atom. The summed E-state index contributed by atoms with van der Waals surface area (Å²) in [5.74, 6) is -5.78. The Balaban J connectivity index is 1.29. The number of aliphatic hydroxyl groups excluding tert-OH is 1. The average molecular weight is 939 g/mol. The molecular formula is C48H55ClN8O10. The van der Waals surface area contributed by atoms with E-state index in [2.05, 4.69) is 21.3 Å². The van der Waals surface area contributed by atoms with Crippen molar-refractivity contribution in [3.05, 3.63) is 107 Å². The number of fused-ring (bicyclic) bond motifs is 5. The number of phenolic OH excluding ortho intramolecular Hbond substituents is 2. The first-order valence-corrected chi connectivity index (χ1v) is 22.2. The molecule has 0 aromatic heterocycles. The summed E-state index contributed by atoms with van der Waals surface area (Å²) in [6.45, 7) is 2.89. The van der Waals surface area contributed by atoms with Gasteiger partial charge in [0, 0.05) is 48.1 Å². The molecule has 0 spiro atoms. The van der Waals surface area contributed by atoms with Gasteiger partial charge in [0.25, 0.3) is 5.91 Å². The maximum Gasteiger partial charge on any atom is 0.251 e. The van der Waals surface area contributed by atoms with Crippen molar-refractivity contribution in [2.24, 2.45) is 11.5 Å². The van der Waals surface area contributed by atoms with Crippen LogP contribution in [0.3, 0.4) is 0 Å². The number of amides is 7. The van der Waals surface area contributed by atoms with Crippen LogP contribution in [0.2, 0.25) is 5.02 Å². The summed E-state index contributed by atoms with van der Waals surface area (Å²) < 4.78 is 0. The Morgan fingerprint density at radius 3 is 2.13 bits per heavy atom. The Labute approximate surface area is 392 Å². The monoisotopic (exact) mass is 938 g/mol. The van der Waals surface area contributed by atoms with Gasteiger partial charge in [0.15, 0.2) is 0 Å². The number of unbranched alkanes of at least 4 members (excludes halogenated alkanes) is 1. The SMILES string of the molecule is CC1NC(=O)C(N(C)C(=O)C(CCCCN)NC(=O)c2ccc(-c3ccc(Cl)cc3)cc2)c2ccc(O)c(c2)-c2cc(ccc2O)CC(C(=O)NC(C)C(=O)N2CC(O)CC2C(N)=O)NC1=O. The van der Waals surface area contributed by atoms with Crippen LogP contribution in [-0.2, 0) is 35.2 Å². The predicted octanol–water partition coefficient (Wildman–Crippen LogP) is 2.01. The number of β-amino-alcohol motifs (C(OH)–C–C–N with tert-alkyl or cyclic N) is 1. The van der Waals surface area contributed by atoms with Crippen molar-refractivity contribution in [1.29, 1.82) is 0 Å². The van der Waals surface area contributed by atoms with E-state index in [1.54, 1.807) is 36.4 Å². The number of carbonyl (C=O) groups excluding carboxylic acids is 7. The van der Waals surface area contributed by atoms with Crippen molar-refractivity contribution in [2.45, 2.75) is 88.3 Å². The second-order valence-electron chi connectivity index (χ2n) is 16.9. The van der Waals surface area contributed by atoms with E-state index in [1.807, 2.05) is 12.1 Å². The first-order chi connectivity index (χ1) is 31.9. The topological polar surface area (TPSA) is 287 Å². The minimum absolute atomic E-state index is 0.0651. The fourth-order valence-electron chi connectivity index (χ4n) is 8.29. The van der Waals surface area contributed by atoms with Gasteiger partial charge in [0.2, 0.25) is 35.4 Å². The second kappa shape index (κ2) is 21.5. The van der Waals surface area contributed by atoms with Crippen molar-refractivity contribution < 1.29 is 48.9 Å². The van der Waals surface area contributed by atoms with Crippen LogP contribution in [0.5, 0.6) is 11.5 Å². The largest absolute Gasteiger partial charge is 0.507 e. The molecule has 7 amide bonds. The van der Waals surface area contributed by atoms with E-state index in [0.29, 0.717) is 30.0 Å². The number of hydrogen-bond donors (Lipinski definition) is 9. The number of hydrogen-bond acceptors (Lipinski definition) is 11. The molecular weight excluding hydrogens is 884 g/mol. The molecule has 7 atom stereocenters. The molecule has 0 radical (unpaired) electrons. The molecule has 1 fully saturated rings. The molecule has 7 unspecified atom stereocenters. The minimum atomic E-state index is -1.48. The highest BCUT2D eigenvalue weighted by Gasteiger charge is 2.41. The molecule has 0 aliphatic carbocycles. The lowest BCUT2D eigenvalue weighted by Gasteiger charge is -2.32. The third-order valence-corrected chi connectivity index (χ3v) is 12.2. The second-order valence-corrected chi connectivity index (χ2v) is 17.3. The highest BCUT2D eigenvalue weighted by atomic mass is 35.5. The lowest BCUT2D eigenvalue weighted by atomic mass is 9.93. The van der Waals surface area contributed by atoms with E-state index in [-0.39, 0.29) is 59.6 Å². The van der Waals surface area contributed by atoms with Gasteiger partial charge in [-0.2, -0.15) is 0 Å². The molecule has 19 heteroatoms. The number of halogens is 1. The van der Waals surface area contributed by atoms with Crippen molar-refractivity contribution in [3.63, 3.8) is 0 Å². The van der Waals surface area contributed by atoms with Crippen LogP contribution < -0.4 is 32.7 Å². The number of aromatic hydroxyl groups is 2. The minimum Gasteiger partial charge on any atom is -0.507 e. The maximum atomic E-state index is 14.6. The number of nitrogens with two attached hydrogens (primary N) is 2. The summed E-state index contributed by atoms with van der Waals surface area (Å²) in [5.41, 5.74) is 14.0. The Kier molecular flexibility index (Phi) is 15.9. The standard InChI is InChI=1S/C48H55ClN8O10/c1-25-43(62)55-37(45(64)53-26(2)47(66)57-24-33(58)23-38(57)42(51)61)21-27-7-17-39(59)34(20-27)35-22-31(14-18-40(35)60)41(46(65)52-25)56(3)48(67)36(6-4-5-19-50)54-44(63)30-10-8-28(9-11-30)29-12-15-32(49)16-13-29/h7-18,20,22,25-26,33,36-38,41,58-60H,4-6,19,21,23-24,50H2,1-3H3,(H2,51,61)(H,52,65)(H,53,64)(H,54,63)(H,55,62). The summed E-state index contributed by atoms with van der Waals surface area (Å²) in [4.78, 5) is 98.4. The molecule has 2 aliphatic heterocycles. The van der Waals surface area contributed by atoms with Crippen LogP contribution in [-0.4, -0.2) is 123 Å². The molecule has 2 aliphatic rings. The van der Waals surface area contributed by atoms with Gasteiger partial charge in [-0.3, -0.25) is 33.6 Å². The van der Waals surface area contributed by atoms with Gasteiger partial charge in [-0.15, -0.1) is 0 Å². The van der Waals surface area contributed by atoms with Crippen molar-refractivity contribution in [3.8, 4) is 33.8 Å². The summed E-state index contributed by atoms with van der Waals surface area (Å²) in [6, 6.07) is 14.8. The van der Waals surface area contributed by atoms with Crippen LogP contribution in [0.1, 0.15) is 67.1 Å². The zero-order valence-corrected chi connectivity index (χ0v) is 38.0. The highest BCUT2D eigenvalue weighted by molar-refractivity contribution is 6.30. The third kappa shape index (κ3) is 11.7. The van der Waals surface area contributed by atoms with Gasteiger partial charge >= 0.3 is 0 Å². The van der Waals surface area contributed by atoms with E-state index in [0.717, 1.165) is 20.9 Å². The lowest BCUT2D eigenvalue weighted by Crippen LogP contribution is -2.58. The molecule has 2 heterocycles. The van der Waals surface area contributed by atoms with Gasteiger partial charge in [0.05, 0.1) is 6.10 Å². The number of likely N-dealkylation sites (N-methyl/N-ethyl adjacent to an activating group) is 1. The summed E-state index contributed by atoms with van der Waals surface area (Å²) in [7, 11) is 1.37. The molecule has 6 rings (SSSR count). The third-order valence-electron chi connectivity index (χ3n) is 12.0. The van der Waals surface area contributed by atoms with E-state index < -0.39 is 83.7 Å². The number of rotatable bonds is 13. The molecule has 4 bridgehead atoms. The van der Waals surface area contributed by atoms with E-state index in [1.165, 1.54) is 57.3 Å². The van der Waals surface area contributed by atoms with Gasteiger partial charge in [-0.05, 0) is 110 Å². The molecule has 11 N–H and O–H groups in total. The lowest BCUT2D eigenvalue weighted by molar-refractivity contribution is -0.142. The zero-order valence-electron chi connectivity index (χ0n) is 37.2. The Morgan fingerprint density at radius 2 is 1.49 bits per heavy atom. The van der Waals surface area contributed by atoms with Crippen LogP contribution in [0, 0.1) is 0 Å². The number of nitrogens with one attached hydrogen (secondary N) is 4. The van der Waals surface area contributed by atoms with Crippen molar-refractivity contribution in [1.82, 2.24) is 31.1 Å². The normalized spacial score (nSPS) is 20.3. The molecule has 18 nitrogen and oxygen atoms in total. The van der Waals surface area contributed by atoms with Crippen molar-refractivity contribution >= 4 is 53.0 Å². The molecule has 67 heavy (non-hydrogen) atoms. The summed E-state index contributed by atoms with van der Waals surface area (Å²) >= 11 is 6.05.